The molecular weight excluding hydrogens is 274 g/mol. The van der Waals surface area contributed by atoms with Gasteiger partial charge in [-0.15, -0.1) is 0 Å². The van der Waals surface area contributed by atoms with E-state index in [0.29, 0.717) is 0 Å². The molecule has 2 N–H and O–H groups in total. The van der Waals surface area contributed by atoms with Crippen LogP contribution in [0.2, 0.25) is 5.02 Å². The molecule has 0 aromatic heterocycles. The maximum Gasteiger partial charge on any atom is 0.242 e. The molecule has 0 amide bonds. The van der Waals surface area contributed by atoms with Crippen molar-refractivity contribution in [1.82, 2.24) is 4.72 Å². The summed E-state index contributed by atoms with van der Waals surface area (Å²) in [4.78, 5) is 0.0197. The second kappa shape index (κ2) is 5.57. The zero-order chi connectivity index (χ0) is 14.0. The second-order valence-corrected chi connectivity index (χ2v) is 6.91. The molecule has 0 radical (unpaired) electrons. The monoisotopic (exact) mass is 291 g/mol. The number of benzene rings is 1. The van der Waals surface area contributed by atoms with Crippen molar-refractivity contribution in [1.29, 1.82) is 0 Å². The summed E-state index contributed by atoms with van der Waals surface area (Å²) in [7, 11) is -3.70. The number of nitrogens with one attached hydrogen (secondary N) is 1. The molecule has 1 atom stereocenters. The van der Waals surface area contributed by atoms with Crippen molar-refractivity contribution >= 4 is 21.6 Å². The lowest BCUT2D eigenvalue weighted by atomic mass is 9.93. The maximum atomic E-state index is 12.0. The van der Waals surface area contributed by atoms with Gasteiger partial charge in [-0.1, -0.05) is 37.6 Å². The van der Waals surface area contributed by atoms with Gasteiger partial charge in [0.15, 0.2) is 0 Å². The minimum absolute atomic E-state index is 0.0197. The van der Waals surface area contributed by atoms with Crippen LogP contribution in [0.3, 0.4) is 0 Å². The SMILES string of the molecule is CC(C)C(C)(O)CNS(=O)(=O)c1ccccc1Cl. The zero-order valence-electron chi connectivity index (χ0n) is 10.6. The smallest absolute Gasteiger partial charge is 0.242 e. The van der Waals surface area contributed by atoms with E-state index in [4.69, 9.17) is 11.6 Å². The van der Waals surface area contributed by atoms with Crippen molar-refractivity contribution < 1.29 is 13.5 Å². The van der Waals surface area contributed by atoms with E-state index >= 15 is 0 Å². The third kappa shape index (κ3) is 3.68. The summed E-state index contributed by atoms with van der Waals surface area (Å²) < 4.78 is 26.4. The Morgan fingerprint density at radius 1 is 1.39 bits per heavy atom. The highest BCUT2D eigenvalue weighted by molar-refractivity contribution is 7.89. The Hall–Kier alpha value is -0.620. The highest BCUT2D eigenvalue weighted by Gasteiger charge is 2.28. The largest absolute Gasteiger partial charge is 0.389 e. The van der Waals surface area contributed by atoms with Gasteiger partial charge in [0.1, 0.15) is 4.90 Å². The molecule has 4 nitrogen and oxygen atoms in total. The first kappa shape index (κ1) is 15.4. The molecule has 102 valence electrons. The topological polar surface area (TPSA) is 66.4 Å². The summed E-state index contributed by atoms with van der Waals surface area (Å²) in [5.74, 6) is -0.0635. The molecule has 0 fully saturated rings. The molecule has 1 unspecified atom stereocenters. The molecule has 0 aliphatic heterocycles. The predicted octanol–water partition coefficient (Wildman–Crippen LogP) is 2.03. The van der Waals surface area contributed by atoms with Crippen LogP contribution in [0.4, 0.5) is 0 Å². The van der Waals surface area contributed by atoms with Crippen LogP contribution >= 0.6 is 11.6 Å². The summed E-state index contributed by atoms with van der Waals surface area (Å²) in [5, 5.41) is 10.2. The standard InChI is InChI=1S/C12H18ClNO3S/c1-9(2)12(3,15)8-14-18(16,17)11-7-5-4-6-10(11)13/h4-7,9,14-15H,8H2,1-3H3. The number of aliphatic hydroxyl groups is 1. The molecule has 1 rings (SSSR count). The fraction of sp³-hybridized carbons (Fsp3) is 0.500. The first-order valence-corrected chi connectivity index (χ1v) is 7.49. The number of halogens is 1. The number of sulfonamides is 1. The lowest BCUT2D eigenvalue weighted by Crippen LogP contribution is -2.44. The normalized spacial score (nSPS) is 15.7. The van der Waals surface area contributed by atoms with Gasteiger partial charge < -0.3 is 5.11 Å². The summed E-state index contributed by atoms with van der Waals surface area (Å²) >= 11 is 5.84. The van der Waals surface area contributed by atoms with Crippen LogP contribution in [0.5, 0.6) is 0 Å². The first-order valence-electron chi connectivity index (χ1n) is 5.63. The molecule has 18 heavy (non-hydrogen) atoms. The van der Waals surface area contributed by atoms with Crippen molar-refractivity contribution in [3.63, 3.8) is 0 Å². The molecule has 0 saturated carbocycles. The quantitative estimate of drug-likeness (QED) is 0.872. The third-order valence-corrected chi connectivity index (χ3v) is 4.89. The fourth-order valence-electron chi connectivity index (χ4n) is 1.19. The van der Waals surface area contributed by atoms with E-state index in [1.807, 2.05) is 13.8 Å². The summed E-state index contributed by atoms with van der Waals surface area (Å²) in [6.45, 7) is 5.18. The van der Waals surface area contributed by atoms with Crippen LogP contribution in [0.15, 0.2) is 29.2 Å². The van der Waals surface area contributed by atoms with E-state index in [1.54, 1.807) is 19.1 Å². The van der Waals surface area contributed by atoms with Gasteiger partial charge in [-0.05, 0) is 25.0 Å². The van der Waals surface area contributed by atoms with Gasteiger partial charge in [0.2, 0.25) is 10.0 Å². The predicted molar refractivity (Wildman–Crippen MR) is 72.1 cm³/mol. The molecule has 0 heterocycles. The Labute approximate surface area is 113 Å². The molecule has 0 aliphatic carbocycles. The van der Waals surface area contributed by atoms with E-state index in [1.165, 1.54) is 12.1 Å². The molecule has 1 aromatic carbocycles. The molecule has 0 spiro atoms. The Morgan fingerprint density at radius 3 is 2.44 bits per heavy atom. The van der Waals surface area contributed by atoms with Gasteiger partial charge in [-0.25, -0.2) is 13.1 Å². The zero-order valence-corrected chi connectivity index (χ0v) is 12.2. The van der Waals surface area contributed by atoms with Crippen LogP contribution in [0.1, 0.15) is 20.8 Å². The van der Waals surface area contributed by atoms with Gasteiger partial charge in [0.25, 0.3) is 0 Å². The maximum absolute atomic E-state index is 12.0. The molecule has 0 saturated heterocycles. The Balaban J connectivity index is 2.88. The number of hydrogen-bond donors (Lipinski definition) is 2. The van der Waals surface area contributed by atoms with Gasteiger partial charge in [0, 0.05) is 6.54 Å². The Bertz CT molecular complexity index is 512. The van der Waals surface area contributed by atoms with E-state index in [-0.39, 0.29) is 22.4 Å². The highest BCUT2D eigenvalue weighted by Crippen LogP contribution is 2.21. The number of rotatable bonds is 5. The van der Waals surface area contributed by atoms with Crippen LogP contribution < -0.4 is 4.72 Å². The molecule has 0 aliphatic rings. The fourth-order valence-corrected chi connectivity index (χ4v) is 2.85. The van der Waals surface area contributed by atoms with Crippen molar-refractivity contribution in [2.75, 3.05) is 6.54 Å². The van der Waals surface area contributed by atoms with Crippen LogP contribution in [0, 0.1) is 5.92 Å². The third-order valence-electron chi connectivity index (χ3n) is 2.99. The van der Waals surface area contributed by atoms with Crippen molar-refractivity contribution in [2.24, 2.45) is 5.92 Å². The van der Waals surface area contributed by atoms with Gasteiger partial charge >= 0.3 is 0 Å². The minimum Gasteiger partial charge on any atom is -0.389 e. The summed E-state index contributed by atoms with van der Waals surface area (Å²) in [5.41, 5.74) is -1.10. The van der Waals surface area contributed by atoms with Gasteiger partial charge in [0.05, 0.1) is 10.6 Å². The van der Waals surface area contributed by atoms with Crippen LogP contribution in [-0.2, 0) is 10.0 Å². The van der Waals surface area contributed by atoms with Crippen LogP contribution in [0.25, 0.3) is 0 Å². The first-order chi connectivity index (χ1) is 8.17. The molecule has 1 aromatic rings. The van der Waals surface area contributed by atoms with Crippen molar-refractivity contribution in [3.8, 4) is 0 Å². The van der Waals surface area contributed by atoms with E-state index in [2.05, 4.69) is 4.72 Å². The molecule has 0 bridgehead atoms. The average Bonchev–Trinajstić information content (AvgIpc) is 2.27. The Morgan fingerprint density at radius 2 is 1.94 bits per heavy atom. The molecule has 6 heteroatoms. The minimum atomic E-state index is -3.70. The van der Waals surface area contributed by atoms with Gasteiger partial charge in [-0.3, -0.25) is 0 Å². The highest BCUT2D eigenvalue weighted by atomic mass is 35.5. The van der Waals surface area contributed by atoms with Crippen LogP contribution in [-0.4, -0.2) is 25.7 Å². The molecular formula is C12H18ClNO3S. The number of hydrogen-bond acceptors (Lipinski definition) is 3. The van der Waals surface area contributed by atoms with Gasteiger partial charge in [-0.2, -0.15) is 0 Å². The second-order valence-electron chi connectivity index (χ2n) is 4.77. The van der Waals surface area contributed by atoms with Crippen molar-refractivity contribution in [3.05, 3.63) is 29.3 Å². The lowest BCUT2D eigenvalue weighted by molar-refractivity contribution is 0.0190. The van der Waals surface area contributed by atoms with Crippen molar-refractivity contribution in [2.45, 2.75) is 31.3 Å². The lowest BCUT2D eigenvalue weighted by Gasteiger charge is -2.27. The average molecular weight is 292 g/mol. The van der Waals surface area contributed by atoms with E-state index in [9.17, 15) is 13.5 Å². The Kier molecular flexibility index (Phi) is 4.78. The van der Waals surface area contributed by atoms with E-state index in [0.717, 1.165) is 0 Å². The van der Waals surface area contributed by atoms with E-state index < -0.39 is 15.6 Å². The summed E-state index contributed by atoms with van der Waals surface area (Å²) in [6, 6.07) is 6.19. The summed E-state index contributed by atoms with van der Waals surface area (Å²) in [6.07, 6.45) is 0.